The van der Waals surface area contributed by atoms with E-state index in [4.69, 9.17) is 14.6 Å². The van der Waals surface area contributed by atoms with Crippen molar-refractivity contribution in [2.24, 2.45) is 0 Å². The number of rotatable bonds is 6. The first-order chi connectivity index (χ1) is 10.1. The van der Waals surface area contributed by atoms with Crippen molar-refractivity contribution in [1.82, 2.24) is 0 Å². The second-order valence-electron chi connectivity index (χ2n) is 4.77. The highest BCUT2D eigenvalue weighted by Crippen LogP contribution is 2.24. The third-order valence-corrected chi connectivity index (χ3v) is 3.18. The highest BCUT2D eigenvalue weighted by atomic mass is 16.5. The summed E-state index contributed by atoms with van der Waals surface area (Å²) >= 11 is 0. The molecule has 0 aliphatic rings. The van der Waals surface area contributed by atoms with Crippen LogP contribution >= 0.6 is 0 Å². The van der Waals surface area contributed by atoms with E-state index >= 15 is 0 Å². The molecular weight excluding hydrogens is 268 g/mol. The van der Waals surface area contributed by atoms with Crippen LogP contribution in [0.5, 0.6) is 11.5 Å². The van der Waals surface area contributed by atoms with Gasteiger partial charge in [0.25, 0.3) is 0 Å². The normalized spacial score (nSPS) is 10.4. The summed E-state index contributed by atoms with van der Waals surface area (Å²) in [4.78, 5) is 11.0. The van der Waals surface area contributed by atoms with E-state index in [2.05, 4.69) is 0 Å². The van der Waals surface area contributed by atoms with Crippen LogP contribution in [0.15, 0.2) is 42.5 Å². The molecule has 0 aromatic heterocycles. The lowest BCUT2D eigenvalue weighted by molar-refractivity contribution is 0.0696. The van der Waals surface area contributed by atoms with Crippen molar-refractivity contribution in [3.05, 3.63) is 59.2 Å². The number of hydrogen-bond donors (Lipinski definition) is 1. The second-order valence-corrected chi connectivity index (χ2v) is 4.77. The summed E-state index contributed by atoms with van der Waals surface area (Å²) in [5.74, 6) is 0.419. The zero-order valence-electron chi connectivity index (χ0n) is 12.1. The van der Waals surface area contributed by atoms with Gasteiger partial charge in [-0.15, -0.1) is 0 Å². The lowest BCUT2D eigenvalue weighted by atomic mass is 10.1. The topological polar surface area (TPSA) is 55.8 Å². The third kappa shape index (κ3) is 4.07. The molecule has 0 fully saturated rings. The van der Waals surface area contributed by atoms with E-state index in [0.29, 0.717) is 17.9 Å². The Morgan fingerprint density at radius 2 is 1.76 bits per heavy atom. The summed E-state index contributed by atoms with van der Waals surface area (Å²) in [7, 11) is 1.68. The molecule has 0 amide bonds. The van der Waals surface area contributed by atoms with E-state index in [9.17, 15) is 4.79 Å². The molecule has 0 aliphatic carbocycles. The van der Waals surface area contributed by atoms with Gasteiger partial charge in [0.05, 0.1) is 12.2 Å². The van der Waals surface area contributed by atoms with Crippen LogP contribution in [0.1, 0.15) is 21.5 Å². The molecule has 0 radical (unpaired) electrons. The average molecular weight is 286 g/mol. The molecule has 0 saturated carbocycles. The number of carboxylic acid groups (broad SMARTS) is 1. The Bertz CT molecular complexity index is 617. The average Bonchev–Trinajstić information content (AvgIpc) is 2.46. The van der Waals surface area contributed by atoms with Crippen LogP contribution in [0.3, 0.4) is 0 Å². The van der Waals surface area contributed by atoms with Gasteiger partial charge in [-0.3, -0.25) is 0 Å². The van der Waals surface area contributed by atoms with E-state index in [1.54, 1.807) is 32.2 Å². The van der Waals surface area contributed by atoms with Gasteiger partial charge in [0.2, 0.25) is 0 Å². The van der Waals surface area contributed by atoms with E-state index in [1.807, 2.05) is 24.3 Å². The van der Waals surface area contributed by atoms with Gasteiger partial charge in [-0.05, 0) is 54.8 Å². The largest absolute Gasteiger partial charge is 0.478 e. The number of carbonyl (C=O) groups is 1. The van der Waals surface area contributed by atoms with Crippen molar-refractivity contribution in [3.63, 3.8) is 0 Å². The second kappa shape index (κ2) is 6.90. The lowest BCUT2D eigenvalue weighted by Crippen LogP contribution is -1.99. The maximum absolute atomic E-state index is 11.0. The van der Waals surface area contributed by atoms with Gasteiger partial charge in [0, 0.05) is 7.11 Å². The van der Waals surface area contributed by atoms with Crippen LogP contribution in [0.2, 0.25) is 0 Å². The third-order valence-electron chi connectivity index (χ3n) is 3.18. The van der Waals surface area contributed by atoms with Crippen LogP contribution in [-0.4, -0.2) is 24.8 Å². The molecule has 0 heterocycles. The Labute approximate surface area is 123 Å². The molecule has 110 valence electrons. The predicted octanol–water partition coefficient (Wildman–Crippen LogP) is 3.67. The number of carboxylic acids is 1. The van der Waals surface area contributed by atoms with Crippen LogP contribution in [0, 0.1) is 6.92 Å². The first kappa shape index (κ1) is 15.1. The molecule has 0 aliphatic heterocycles. The van der Waals surface area contributed by atoms with E-state index in [0.717, 1.165) is 12.2 Å². The number of methoxy groups -OCH3 is 1. The minimum atomic E-state index is -0.929. The molecule has 0 unspecified atom stereocenters. The first-order valence-electron chi connectivity index (χ1n) is 6.70. The van der Waals surface area contributed by atoms with Crippen molar-refractivity contribution in [1.29, 1.82) is 0 Å². The molecule has 0 bridgehead atoms. The van der Waals surface area contributed by atoms with Crippen LogP contribution in [0.4, 0.5) is 0 Å². The molecule has 0 saturated heterocycles. The van der Waals surface area contributed by atoms with Crippen molar-refractivity contribution >= 4 is 5.97 Å². The van der Waals surface area contributed by atoms with Gasteiger partial charge in [-0.1, -0.05) is 12.1 Å². The zero-order valence-corrected chi connectivity index (χ0v) is 12.1. The summed E-state index contributed by atoms with van der Waals surface area (Å²) in [5, 5.41) is 9.00. The molecule has 2 rings (SSSR count). The summed E-state index contributed by atoms with van der Waals surface area (Å²) < 4.78 is 10.8. The van der Waals surface area contributed by atoms with Gasteiger partial charge in [-0.25, -0.2) is 4.79 Å². The van der Waals surface area contributed by atoms with Crippen molar-refractivity contribution in [2.75, 3.05) is 13.7 Å². The molecular formula is C17H18O4. The number of ether oxygens (including phenoxy) is 2. The van der Waals surface area contributed by atoms with Crippen molar-refractivity contribution < 1.29 is 19.4 Å². The van der Waals surface area contributed by atoms with Gasteiger partial charge < -0.3 is 14.6 Å². The predicted molar refractivity (Wildman–Crippen MR) is 80.2 cm³/mol. The Kier molecular flexibility index (Phi) is 4.95. The number of benzene rings is 2. The Morgan fingerprint density at radius 3 is 2.33 bits per heavy atom. The molecule has 2 aromatic carbocycles. The Balaban J connectivity index is 2.07. The number of hydrogen-bond acceptors (Lipinski definition) is 3. The molecule has 4 nitrogen and oxygen atoms in total. The number of aromatic carboxylic acids is 1. The van der Waals surface area contributed by atoms with Gasteiger partial charge in [0.1, 0.15) is 11.5 Å². The van der Waals surface area contributed by atoms with E-state index in [1.165, 1.54) is 5.56 Å². The molecule has 21 heavy (non-hydrogen) atoms. The van der Waals surface area contributed by atoms with Crippen LogP contribution < -0.4 is 4.74 Å². The maximum atomic E-state index is 11.0. The molecule has 1 N–H and O–H groups in total. The number of aryl methyl sites for hydroxylation is 1. The van der Waals surface area contributed by atoms with Crippen LogP contribution in [-0.2, 0) is 11.2 Å². The minimum absolute atomic E-state index is 0.289. The summed E-state index contributed by atoms with van der Waals surface area (Å²) in [6, 6.07) is 12.7. The van der Waals surface area contributed by atoms with E-state index in [-0.39, 0.29) is 5.56 Å². The fourth-order valence-corrected chi connectivity index (χ4v) is 2.02. The van der Waals surface area contributed by atoms with Crippen molar-refractivity contribution in [3.8, 4) is 11.5 Å². The summed E-state index contributed by atoms with van der Waals surface area (Å²) in [6.45, 7) is 2.44. The van der Waals surface area contributed by atoms with E-state index < -0.39 is 5.97 Å². The summed E-state index contributed by atoms with van der Waals surface area (Å²) in [5.41, 5.74) is 2.15. The van der Waals surface area contributed by atoms with Crippen molar-refractivity contribution in [2.45, 2.75) is 13.3 Å². The first-order valence-corrected chi connectivity index (χ1v) is 6.70. The molecule has 4 heteroatoms. The molecule has 0 spiro atoms. The SMILES string of the molecule is COCCc1ccc(Oc2ccc(C(=O)O)c(C)c2)cc1. The van der Waals surface area contributed by atoms with Gasteiger partial charge >= 0.3 is 5.97 Å². The summed E-state index contributed by atoms with van der Waals surface area (Å²) in [6.07, 6.45) is 0.864. The quantitative estimate of drug-likeness (QED) is 0.880. The van der Waals surface area contributed by atoms with Gasteiger partial charge in [-0.2, -0.15) is 0 Å². The fourth-order valence-electron chi connectivity index (χ4n) is 2.02. The zero-order chi connectivity index (χ0) is 15.2. The highest BCUT2D eigenvalue weighted by molar-refractivity contribution is 5.89. The maximum Gasteiger partial charge on any atom is 0.335 e. The van der Waals surface area contributed by atoms with Gasteiger partial charge in [0.15, 0.2) is 0 Å². The standard InChI is InChI=1S/C17H18O4/c1-12-11-15(7-8-16(12)17(18)19)21-14-5-3-13(4-6-14)9-10-20-2/h3-8,11H,9-10H2,1-2H3,(H,18,19). The Hall–Kier alpha value is -2.33. The molecule has 0 atom stereocenters. The fraction of sp³-hybridized carbons (Fsp3) is 0.235. The minimum Gasteiger partial charge on any atom is -0.478 e. The Morgan fingerprint density at radius 1 is 1.10 bits per heavy atom. The van der Waals surface area contributed by atoms with Crippen LogP contribution in [0.25, 0.3) is 0 Å². The highest BCUT2D eigenvalue weighted by Gasteiger charge is 2.08. The lowest BCUT2D eigenvalue weighted by Gasteiger charge is -2.09. The monoisotopic (exact) mass is 286 g/mol. The molecule has 2 aromatic rings. The smallest absolute Gasteiger partial charge is 0.335 e.